The first-order chi connectivity index (χ1) is 14.2. The number of nitrogens with two attached hydrogens (primary N) is 1. The monoisotopic (exact) mass is 391 g/mol. The molecule has 0 spiro atoms. The molecule has 4 rings (SSSR count). The summed E-state index contributed by atoms with van der Waals surface area (Å²) < 4.78 is 10.9. The van der Waals surface area contributed by atoms with E-state index in [0.29, 0.717) is 17.0 Å². The van der Waals surface area contributed by atoms with Crippen molar-refractivity contribution in [2.75, 3.05) is 39.1 Å². The predicted octanol–water partition coefficient (Wildman–Crippen LogP) is 2.41. The third-order valence-electron chi connectivity index (χ3n) is 5.23. The number of nitrogens with one attached hydrogen (secondary N) is 2. The molecule has 1 aromatic carbocycles. The van der Waals surface area contributed by atoms with Gasteiger partial charge >= 0.3 is 0 Å². The van der Waals surface area contributed by atoms with Crippen LogP contribution in [0.5, 0.6) is 5.75 Å². The number of dihydropyridines is 1. The summed E-state index contributed by atoms with van der Waals surface area (Å²) in [5.74, 6) is 0.732. The number of ether oxygens (including phenoxy) is 2. The van der Waals surface area contributed by atoms with E-state index in [4.69, 9.17) is 20.6 Å². The third-order valence-corrected chi connectivity index (χ3v) is 5.23. The Labute approximate surface area is 170 Å². The van der Waals surface area contributed by atoms with Crippen molar-refractivity contribution in [2.45, 2.75) is 6.17 Å². The van der Waals surface area contributed by atoms with Crippen LogP contribution in [0.1, 0.15) is 5.56 Å². The van der Waals surface area contributed by atoms with Gasteiger partial charge in [-0.1, -0.05) is 6.07 Å². The van der Waals surface area contributed by atoms with Gasteiger partial charge in [0.15, 0.2) is 0 Å². The molecule has 2 aliphatic rings. The number of anilines is 1. The highest BCUT2D eigenvalue weighted by Gasteiger charge is 2.22. The quantitative estimate of drug-likeness (QED) is 0.535. The first-order valence-corrected chi connectivity index (χ1v) is 9.61. The van der Waals surface area contributed by atoms with E-state index in [0.717, 1.165) is 48.8 Å². The number of rotatable bonds is 5. The van der Waals surface area contributed by atoms with Crippen molar-refractivity contribution in [1.29, 1.82) is 5.41 Å². The maximum Gasteiger partial charge on any atom is 0.129 e. The fourth-order valence-electron chi connectivity index (χ4n) is 3.62. The maximum absolute atomic E-state index is 8.81. The first kappa shape index (κ1) is 19.2. The van der Waals surface area contributed by atoms with Crippen molar-refractivity contribution in [3.05, 3.63) is 66.1 Å². The van der Waals surface area contributed by atoms with Gasteiger partial charge in [-0.15, -0.1) is 0 Å². The van der Waals surface area contributed by atoms with Crippen molar-refractivity contribution in [1.82, 2.24) is 15.2 Å². The lowest BCUT2D eigenvalue weighted by molar-refractivity contribution is 0.0217. The summed E-state index contributed by atoms with van der Waals surface area (Å²) in [6.07, 6.45) is 9.38. The average Bonchev–Trinajstić information content (AvgIpc) is 2.79. The normalized spacial score (nSPS) is 19.3. The fourth-order valence-corrected chi connectivity index (χ4v) is 3.62. The van der Waals surface area contributed by atoms with Gasteiger partial charge in [0.05, 0.1) is 32.2 Å². The Kier molecular flexibility index (Phi) is 5.59. The minimum atomic E-state index is 0.0436. The molecule has 0 radical (unpaired) electrons. The van der Waals surface area contributed by atoms with E-state index in [1.54, 1.807) is 19.5 Å². The first-order valence-electron chi connectivity index (χ1n) is 9.61. The second-order valence-electron chi connectivity index (χ2n) is 6.97. The molecular formula is C22H25N5O2. The Morgan fingerprint density at radius 2 is 2.14 bits per heavy atom. The van der Waals surface area contributed by atoms with Crippen LogP contribution in [-0.4, -0.2) is 55.2 Å². The van der Waals surface area contributed by atoms with Crippen LogP contribution < -0.4 is 15.8 Å². The topological polar surface area (TPSA) is 96.5 Å². The zero-order chi connectivity index (χ0) is 20.2. The van der Waals surface area contributed by atoms with Crippen molar-refractivity contribution < 1.29 is 9.47 Å². The number of pyridine rings is 1. The minimum Gasteiger partial charge on any atom is -0.496 e. The molecule has 3 heterocycles. The van der Waals surface area contributed by atoms with Gasteiger partial charge in [0.2, 0.25) is 0 Å². The number of hydrogen-bond donors (Lipinski definition) is 3. The number of methoxy groups -OCH3 is 1. The largest absolute Gasteiger partial charge is 0.496 e. The summed E-state index contributed by atoms with van der Waals surface area (Å²) in [6, 6.07) is 7.50. The minimum absolute atomic E-state index is 0.0436. The molecule has 0 aliphatic carbocycles. The summed E-state index contributed by atoms with van der Waals surface area (Å²) >= 11 is 0. The molecule has 7 heteroatoms. The number of aromatic nitrogens is 1. The number of morpholine rings is 1. The van der Waals surface area contributed by atoms with Crippen LogP contribution in [0.25, 0.3) is 11.1 Å². The van der Waals surface area contributed by atoms with E-state index in [2.05, 4.69) is 21.3 Å². The van der Waals surface area contributed by atoms with Gasteiger partial charge < -0.3 is 20.5 Å². The number of benzene rings is 1. The van der Waals surface area contributed by atoms with Gasteiger partial charge in [-0.05, 0) is 42.1 Å². The smallest absolute Gasteiger partial charge is 0.129 e. The lowest BCUT2D eigenvalue weighted by Crippen LogP contribution is -2.49. The lowest BCUT2D eigenvalue weighted by Gasteiger charge is -2.34. The summed E-state index contributed by atoms with van der Waals surface area (Å²) in [5.41, 5.74) is 10.5. The Bertz CT molecular complexity index is 963. The molecule has 0 saturated carbocycles. The van der Waals surface area contributed by atoms with Gasteiger partial charge in [-0.3, -0.25) is 15.3 Å². The van der Waals surface area contributed by atoms with Crippen LogP contribution in [0.15, 0.2) is 60.6 Å². The van der Waals surface area contributed by atoms with Crippen molar-refractivity contribution >= 4 is 11.4 Å². The summed E-state index contributed by atoms with van der Waals surface area (Å²) in [7, 11) is 1.63. The molecule has 1 unspecified atom stereocenters. The second kappa shape index (κ2) is 8.46. The molecule has 2 aliphatic heterocycles. The zero-order valence-electron chi connectivity index (χ0n) is 16.4. The molecule has 1 aromatic heterocycles. The standard InChI is InChI=1S/C22H25N5O2/c1-28-20-5-6-25-14-18(20)15-2-3-19(23)17(12-15)22(24)16-4-7-26-21(13-16)27-8-10-29-11-9-27/h2-7,12-14,21,24,26H,8-11,23H2,1H3. The molecule has 150 valence electrons. The van der Waals surface area contributed by atoms with Crippen molar-refractivity contribution in [3.63, 3.8) is 0 Å². The van der Waals surface area contributed by atoms with E-state index >= 15 is 0 Å². The van der Waals surface area contributed by atoms with Gasteiger partial charge in [0.1, 0.15) is 5.75 Å². The highest BCUT2D eigenvalue weighted by atomic mass is 16.5. The average molecular weight is 391 g/mol. The highest BCUT2D eigenvalue weighted by Crippen LogP contribution is 2.31. The third kappa shape index (κ3) is 4.01. The number of hydrogen-bond acceptors (Lipinski definition) is 7. The highest BCUT2D eigenvalue weighted by molar-refractivity contribution is 6.15. The molecule has 1 saturated heterocycles. The molecule has 0 amide bonds. The molecule has 29 heavy (non-hydrogen) atoms. The Morgan fingerprint density at radius 3 is 2.93 bits per heavy atom. The molecule has 2 aromatic rings. The SMILES string of the molecule is COc1ccncc1-c1ccc(N)c(C(=N)C2=CC(N3CCOCC3)NC=C2)c1. The fraction of sp³-hybridized carbons (Fsp3) is 0.273. The second-order valence-corrected chi connectivity index (χ2v) is 6.97. The van der Waals surface area contributed by atoms with Crippen LogP contribution in [-0.2, 0) is 4.74 Å². The molecule has 7 nitrogen and oxygen atoms in total. The van der Waals surface area contributed by atoms with Crippen LogP contribution in [0.4, 0.5) is 5.69 Å². The van der Waals surface area contributed by atoms with E-state index in [1.807, 2.05) is 36.5 Å². The van der Waals surface area contributed by atoms with E-state index < -0.39 is 0 Å². The van der Waals surface area contributed by atoms with Gasteiger partial charge in [-0.25, -0.2) is 0 Å². The molecule has 4 N–H and O–H groups in total. The van der Waals surface area contributed by atoms with E-state index in [1.165, 1.54) is 0 Å². The van der Waals surface area contributed by atoms with Crippen LogP contribution in [0, 0.1) is 5.41 Å². The van der Waals surface area contributed by atoms with Crippen LogP contribution >= 0.6 is 0 Å². The molecule has 1 atom stereocenters. The number of allylic oxidation sites excluding steroid dienone is 2. The summed E-state index contributed by atoms with van der Waals surface area (Å²) in [4.78, 5) is 6.51. The Hall–Kier alpha value is -3.16. The van der Waals surface area contributed by atoms with Gasteiger partial charge in [0, 0.05) is 47.9 Å². The summed E-state index contributed by atoms with van der Waals surface area (Å²) in [6.45, 7) is 3.18. The molecule has 0 bridgehead atoms. The maximum atomic E-state index is 8.81. The van der Waals surface area contributed by atoms with E-state index in [-0.39, 0.29) is 6.17 Å². The molecular weight excluding hydrogens is 366 g/mol. The van der Waals surface area contributed by atoms with E-state index in [9.17, 15) is 0 Å². The van der Waals surface area contributed by atoms with Crippen LogP contribution in [0.3, 0.4) is 0 Å². The van der Waals surface area contributed by atoms with Crippen LogP contribution in [0.2, 0.25) is 0 Å². The number of nitrogens with zero attached hydrogens (tertiary/aromatic N) is 2. The predicted molar refractivity (Wildman–Crippen MR) is 114 cm³/mol. The van der Waals surface area contributed by atoms with Gasteiger partial charge in [-0.2, -0.15) is 0 Å². The van der Waals surface area contributed by atoms with Crippen molar-refractivity contribution in [2.24, 2.45) is 0 Å². The summed E-state index contributed by atoms with van der Waals surface area (Å²) in [5, 5.41) is 12.2. The number of nitrogen functional groups attached to an aromatic ring is 1. The Balaban J connectivity index is 1.64. The van der Waals surface area contributed by atoms with Gasteiger partial charge in [0.25, 0.3) is 0 Å². The lowest BCUT2D eigenvalue weighted by atomic mass is 9.95. The zero-order valence-corrected chi connectivity index (χ0v) is 16.4. The molecule has 1 fully saturated rings. The van der Waals surface area contributed by atoms with Crippen molar-refractivity contribution in [3.8, 4) is 16.9 Å². The Morgan fingerprint density at radius 1 is 1.31 bits per heavy atom.